The Kier molecular flexibility index (Phi) is 3.54. The Hall–Kier alpha value is -1.36. The average molecular weight is 293 g/mol. The Labute approximate surface area is 122 Å². The van der Waals surface area contributed by atoms with Gasteiger partial charge in [-0.15, -0.1) is 11.3 Å². The van der Waals surface area contributed by atoms with Gasteiger partial charge in [0.15, 0.2) is 0 Å². The molecule has 20 heavy (non-hydrogen) atoms. The number of carboxylic acids is 1. The molecule has 0 saturated heterocycles. The van der Waals surface area contributed by atoms with Crippen molar-refractivity contribution in [2.24, 2.45) is 17.8 Å². The molecule has 3 rings (SSSR count). The van der Waals surface area contributed by atoms with Crippen molar-refractivity contribution in [3.8, 4) is 0 Å². The molecule has 4 unspecified atom stereocenters. The van der Waals surface area contributed by atoms with Crippen molar-refractivity contribution in [3.63, 3.8) is 0 Å². The molecule has 0 radical (unpaired) electrons. The lowest BCUT2D eigenvalue weighted by molar-refractivity contribution is -0.144. The fraction of sp³-hybridized carbons (Fsp3) is 0.600. The summed E-state index contributed by atoms with van der Waals surface area (Å²) in [4.78, 5) is 24.6. The summed E-state index contributed by atoms with van der Waals surface area (Å²) in [6, 6.07) is 1.78. The van der Waals surface area contributed by atoms with E-state index in [1.165, 1.54) is 11.3 Å². The molecule has 1 aromatic heterocycles. The van der Waals surface area contributed by atoms with Crippen LogP contribution in [-0.2, 0) is 11.2 Å². The number of fused-ring (bicyclic) bond motifs is 2. The van der Waals surface area contributed by atoms with Gasteiger partial charge in [-0.25, -0.2) is 0 Å². The molecule has 2 N–H and O–H groups in total. The highest BCUT2D eigenvalue weighted by atomic mass is 32.1. The largest absolute Gasteiger partial charge is 0.481 e. The third kappa shape index (κ3) is 2.14. The van der Waals surface area contributed by atoms with Gasteiger partial charge in [0.1, 0.15) is 0 Å². The summed E-state index contributed by atoms with van der Waals surface area (Å²) in [5, 5.41) is 14.3. The molecule has 0 spiro atoms. The van der Waals surface area contributed by atoms with Crippen LogP contribution in [0, 0.1) is 17.8 Å². The van der Waals surface area contributed by atoms with Gasteiger partial charge in [-0.2, -0.15) is 0 Å². The summed E-state index contributed by atoms with van der Waals surface area (Å²) in [7, 11) is 0. The van der Waals surface area contributed by atoms with Gasteiger partial charge in [-0.05, 0) is 54.5 Å². The maximum Gasteiger partial charge on any atom is 0.308 e. The van der Waals surface area contributed by atoms with Gasteiger partial charge in [-0.3, -0.25) is 9.59 Å². The van der Waals surface area contributed by atoms with Crippen molar-refractivity contribution in [1.29, 1.82) is 0 Å². The molecule has 2 aliphatic rings. The minimum atomic E-state index is -0.760. The van der Waals surface area contributed by atoms with Gasteiger partial charge in [0.2, 0.25) is 0 Å². The molecule has 0 aromatic carbocycles. The van der Waals surface area contributed by atoms with E-state index in [1.807, 2.05) is 18.4 Å². The second-order valence-corrected chi connectivity index (χ2v) is 6.74. The van der Waals surface area contributed by atoms with E-state index < -0.39 is 11.9 Å². The lowest BCUT2D eigenvalue weighted by Crippen LogP contribution is -2.46. The fourth-order valence-electron chi connectivity index (χ4n) is 3.88. The maximum atomic E-state index is 12.4. The van der Waals surface area contributed by atoms with Crippen LogP contribution < -0.4 is 5.32 Å². The fourth-order valence-corrected chi connectivity index (χ4v) is 4.78. The zero-order valence-electron chi connectivity index (χ0n) is 11.5. The number of thiophene rings is 1. The molecule has 4 nitrogen and oxygen atoms in total. The van der Waals surface area contributed by atoms with Crippen molar-refractivity contribution in [2.45, 2.75) is 38.6 Å². The highest BCUT2D eigenvalue weighted by Crippen LogP contribution is 2.48. The van der Waals surface area contributed by atoms with E-state index in [9.17, 15) is 14.7 Å². The Morgan fingerprint density at radius 1 is 1.40 bits per heavy atom. The van der Waals surface area contributed by atoms with E-state index >= 15 is 0 Å². The van der Waals surface area contributed by atoms with Crippen molar-refractivity contribution in [1.82, 2.24) is 5.32 Å². The second kappa shape index (κ2) is 5.20. The minimum absolute atomic E-state index is 0.0966. The lowest BCUT2D eigenvalue weighted by Gasteiger charge is -2.28. The molecule has 0 aliphatic heterocycles. The van der Waals surface area contributed by atoms with E-state index in [1.54, 1.807) is 0 Å². The van der Waals surface area contributed by atoms with Gasteiger partial charge >= 0.3 is 5.97 Å². The Bertz CT molecular complexity index is 539. The summed E-state index contributed by atoms with van der Waals surface area (Å²) < 4.78 is 0. The normalized spacial score (nSPS) is 31.4. The number of hydrogen-bond acceptors (Lipinski definition) is 3. The quantitative estimate of drug-likeness (QED) is 0.896. The van der Waals surface area contributed by atoms with Crippen LogP contribution in [0.2, 0.25) is 0 Å². The summed E-state index contributed by atoms with van der Waals surface area (Å²) in [6.45, 7) is 2.02. The van der Waals surface area contributed by atoms with E-state index in [-0.39, 0.29) is 17.9 Å². The summed E-state index contributed by atoms with van der Waals surface area (Å²) in [5.41, 5.74) is 1.04. The van der Waals surface area contributed by atoms with Gasteiger partial charge in [0, 0.05) is 6.04 Å². The smallest absolute Gasteiger partial charge is 0.308 e. The minimum Gasteiger partial charge on any atom is -0.481 e. The summed E-state index contributed by atoms with van der Waals surface area (Å²) >= 11 is 1.44. The van der Waals surface area contributed by atoms with Crippen LogP contribution in [0.1, 0.15) is 41.4 Å². The Balaban J connectivity index is 1.77. The van der Waals surface area contributed by atoms with E-state index in [0.29, 0.717) is 5.92 Å². The van der Waals surface area contributed by atoms with E-state index in [2.05, 4.69) is 5.32 Å². The molecular formula is C15H19NO3S. The second-order valence-electron chi connectivity index (χ2n) is 5.82. The molecule has 2 fully saturated rings. The van der Waals surface area contributed by atoms with Crippen LogP contribution in [0.15, 0.2) is 11.4 Å². The van der Waals surface area contributed by atoms with Crippen molar-refractivity contribution in [2.75, 3.05) is 0 Å². The highest BCUT2D eigenvalue weighted by molar-refractivity contribution is 7.12. The molecule has 108 valence electrons. The van der Waals surface area contributed by atoms with Crippen LogP contribution in [0.5, 0.6) is 0 Å². The highest BCUT2D eigenvalue weighted by Gasteiger charge is 2.51. The first kappa shape index (κ1) is 13.6. The van der Waals surface area contributed by atoms with Crippen LogP contribution in [-0.4, -0.2) is 23.0 Å². The monoisotopic (exact) mass is 293 g/mol. The number of carboxylic acid groups (broad SMARTS) is 1. The van der Waals surface area contributed by atoms with Crippen molar-refractivity contribution in [3.05, 3.63) is 21.9 Å². The molecule has 2 saturated carbocycles. The molecule has 1 amide bonds. The molecule has 2 aliphatic carbocycles. The van der Waals surface area contributed by atoms with Crippen LogP contribution in [0.25, 0.3) is 0 Å². The molecule has 1 aromatic rings. The number of carbonyl (C=O) groups is 2. The standard InChI is InChI=1S/C15H19NO3S/c1-2-8-5-6-20-13(8)14(17)16-12-10-4-3-9(7-10)11(12)15(18)19/h5-6,9-12H,2-4,7H2,1H3,(H,16,17)(H,18,19). The third-order valence-electron chi connectivity index (χ3n) is 4.83. The van der Waals surface area contributed by atoms with Gasteiger partial charge in [0.25, 0.3) is 5.91 Å². The topological polar surface area (TPSA) is 66.4 Å². The van der Waals surface area contributed by atoms with Crippen LogP contribution in [0.3, 0.4) is 0 Å². The van der Waals surface area contributed by atoms with Crippen LogP contribution >= 0.6 is 11.3 Å². The zero-order chi connectivity index (χ0) is 14.3. The predicted octanol–water partition coefficient (Wildman–Crippen LogP) is 2.54. The zero-order valence-corrected chi connectivity index (χ0v) is 12.3. The first-order valence-corrected chi connectivity index (χ1v) is 8.09. The predicted molar refractivity (Wildman–Crippen MR) is 76.9 cm³/mol. The van der Waals surface area contributed by atoms with Crippen molar-refractivity contribution >= 4 is 23.2 Å². The number of amides is 1. The first-order valence-electron chi connectivity index (χ1n) is 7.21. The van der Waals surface area contributed by atoms with Crippen LogP contribution in [0.4, 0.5) is 0 Å². The maximum absolute atomic E-state index is 12.4. The number of rotatable bonds is 4. The average Bonchev–Trinajstić information content (AvgIpc) is 3.12. The summed E-state index contributed by atoms with van der Waals surface area (Å²) in [5.74, 6) is -0.667. The molecular weight excluding hydrogens is 274 g/mol. The number of aliphatic carboxylic acids is 1. The number of aryl methyl sites for hydroxylation is 1. The number of nitrogens with one attached hydrogen (secondary N) is 1. The number of hydrogen-bond donors (Lipinski definition) is 2. The SMILES string of the molecule is CCc1ccsc1C(=O)NC1C2CCC(C2)C1C(=O)O. The Morgan fingerprint density at radius 2 is 2.15 bits per heavy atom. The lowest BCUT2D eigenvalue weighted by atomic mass is 9.84. The first-order chi connectivity index (χ1) is 9.61. The van der Waals surface area contributed by atoms with E-state index in [0.717, 1.165) is 36.1 Å². The third-order valence-corrected chi connectivity index (χ3v) is 5.79. The van der Waals surface area contributed by atoms with Gasteiger partial charge in [0.05, 0.1) is 10.8 Å². The van der Waals surface area contributed by atoms with Gasteiger partial charge in [-0.1, -0.05) is 6.92 Å². The summed E-state index contributed by atoms with van der Waals surface area (Å²) in [6.07, 6.45) is 3.82. The molecule has 4 atom stereocenters. The molecule has 2 bridgehead atoms. The van der Waals surface area contributed by atoms with Gasteiger partial charge < -0.3 is 10.4 Å². The van der Waals surface area contributed by atoms with E-state index in [4.69, 9.17) is 0 Å². The molecule has 5 heteroatoms. The Morgan fingerprint density at radius 3 is 2.85 bits per heavy atom. The molecule has 1 heterocycles. The number of carbonyl (C=O) groups excluding carboxylic acids is 1. The van der Waals surface area contributed by atoms with Crippen molar-refractivity contribution < 1.29 is 14.7 Å².